The van der Waals surface area contributed by atoms with Crippen molar-refractivity contribution >= 4 is 34.7 Å². The number of carbonyl (C=O) groups excluding carboxylic acids is 2. The van der Waals surface area contributed by atoms with Gasteiger partial charge in [0.2, 0.25) is 0 Å². The zero-order valence-electron chi connectivity index (χ0n) is 15.6. The first-order chi connectivity index (χ1) is 13.5. The number of benzene rings is 2. The van der Waals surface area contributed by atoms with Crippen LogP contribution in [-0.4, -0.2) is 49.3 Å². The second-order valence-electron chi connectivity index (χ2n) is 6.55. The molecule has 3 rings (SSSR count). The average molecular weight is 397 g/mol. The van der Waals surface area contributed by atoms with Crippen molar-refractivity contribution in [1.29, 1.82) is 5.26 Å². The van der Waals surface area contributed by atoms with Crippen LogP contribution in [0.5, 0.6) is 0 Å². The monoisotopic (exact) mass is 396 g/mol. The molecule has 0 saturated carbocycles. The molecule has 1 aliphatic rings. The molecule has 1 aliphatic heterocycles. The van der Waals surface area contributed by atoms with Crippen LogP contribution in [0.2, 0.25) is 5.02 Å². The van der Waals surface area contributed by atoms with Crippen molar-refractivity contribution in [3.8, 4) is 6.07 Å². The Morgan fingerprint density at radius 1 is 1.11 bits per heavy atom. The van der Waals surface area contributed by atoms with Gasteiger partial charge in [0, 0.05) is 42.5 Å². The van der Waals surface area contributed by atoms with Crippen LogP contribution in [0.3, 0.4) is 0 Å². The van der Waals surface area contributed by atoms with Crippen LogP contribution >= 0.6 is 11.6 Å². The molecule has 1 saturated heterocycles. The Balaban J connectivity index is 1.83. The number of likely N-dealkylation sites (N-methyl/N-ethyl adjacent to an activating group) is 1. The minimum atomic E-state index is -0.680. The number of carbonyl (C=O) groups is 2. The first-order valence-electron chi connectivity index (χ1n) is 9.14. The molecule has 28 heavy (non-hydrogen) atoms. The molecule has 6 nitrogen and oxygen atoms in total. The average Bonchev–Trinajstić information content (AvgIpc) is 2.74. The van der Waals surface area contributed by atoms with Gasteiger partial charge >= 0.3 is 0 Å². The van der Waals surface area contributed by atoms with Gasteiger partial charge in [-0.15, -0.1) is 0 Å². The fourth-order valence-electron chi connectivity index (χ4n) is 3.20. The van der Waals surface area contributed by atoms with Crippen molar-refractivity contribution in [2.24, 2.45) is 0 Å². The second-order valence-corrected chi connectivity index (χ2v) is 6.99. The molecular formula is C21H21ClN4O2. The van der Waals surface area contributed by atoms with Crippen LogP contribution in [0.4, 0.5) is 11.4 Å². The molecule has 1 N–H and O–H groups in total. The number of hydrogen-bond acceptors (Lipinski definition) is 5. The number of ketones is 1. The Bertz CT molecular complexity index is 913. The fourth-order valence-corrected chi connectivity index (χ4v) is 3.33. The summed E-state index contributed by atoms with van der Waals surface area (Å²) in [5, 5.41) is 12.4. The van der Waals surface area contributed by atoms with E-state index in [9.17, 15) is 9.59 Å². The topological polar surface area (TPSA) is 76.4 Å². The minimum absolute atomic E-state index is 0.195. The van der Waals surface area contributed by atoms with Crippen LogP contribution < -0.4 is 10.2 Å². The largest absolute Gasteiger partial charge is 0.369 e. The van der Waals surface area contributed by atoms with Crippen LogP contribution in [0.15, 0.2) is 42.5 Å². The minimum Gasteiger partial charge on any atom is -0.369 e. The molecule has 2 aromatic carbocycles. The number of nitrogens with zero attached hydrogens (tertiary/aromatic N) is 3. The van der Waals surface area contributed by atoms with E-state index in [2.05, 4.69) is 22.0 Å². The van der Waals surface area contributed by atoms with Gasteiger partial charge in [-0.3, -0.25) is 9.59 Å². The van der Waals surface area contributed by atoms with Gasteiger partial charge in [0.1, 0.15) is 6.07 Å². The molecule has 7 heteroatoms. The Morgan fingerprint density at radius 2 is 1.79 bits per heavy atom. The van der Waals surface area contributed by atoms with Crippen LogP contribution in [-0.2, 0) is 0 Å². The Kier molecular flexibility index (Phi) is 6.30. The summed E-state index contributed by atoms with van der Waals surface area (Å²) >= 11 is 5.85. The quantitative estimate of drug-likeness (QED) is 0.618. The summed E-state index contributed by atoms with van der Waals surface area (Å²) in [4.78, 5) is 29.2. The van der Waals surface area contributed by atoms with Gasteiger partial charge in [-0.1, -0.05) is 18.5 Å². The molecule has 0 aliphatic carbocycles. The van der Waals surface area contributed by atoms with Crippen molar-refractivity contribution < 1.29 is 9.59 Å². The molecule has 0 spiro atoms. The lowest BCUT2D eigenvalue weighted by atomic mass is 10.1. The maximum absolute atomic E-state index is 12.5. The van der Waals surface area contributed by atoms with Gasteiger partial charge in [-0.2, -0.15) is 5.26 Å². The number of Topliss-reactive ketones (excluding diaryl/α,β-unsaturated/α-hetero) is 1. The summed E-state index contributed by atoms with van der Waals surface area (Å²) in [5.74, 6) is -1.05. The van der Waals surface area contributed by atoms with E-state index < -0.39 is 5.78 Å². The lowest BCUT2D eigenvalue weighted by Crippen LogP contribution is -2.46. The molecule has 0 aromatic heterocycles. The van der Waals surface area contributed by atoms with E-state index in [4.69, 9.17) is 16.9 Å². The second kappa shape index (κ2) is 8.87. The van der Waals surface area contributed by atoms with Crippen LogP contribution in [0.25, 0.3) is 0 Å². The molecule has 0 radical (unpaired) electrons. The molecule has 144 valence electrons. The van der Waals surface area contributed by atoms with E-state index in [-0.39, 0.29) is 11.5 Å². The third-order valence-corrected chi connectivity index (χ3v) is 5.14. The third kappa shape index (κ3) is 4.50. The Labute approximate surface area is 169 Å². The number of nitrogens with one attached hydrogen (secondary N) is 1. The number of hydrogen-bond donors (Lipinski definition) is 1. The lowest BCUT2D eigenvalue weighted by molar-refractivity contribution is 0.102. The van der Waals surface area contributed by atoms with Gasteiger partial charge in [0.15, 0.2) is 0 Å². The van der Waals surface area contributed by atoms with Gasteiger partial charge in [-0.05, 0) is 49.0 Å². The number of anilines is 2. The number of halogens is 1. The Hall–Kier alpha value is -2.88. The summed E-state index contributed by atoms with van der Waals surface area (Å²) in [6.45, 7) is 6.76. The summed E-state index contributed by atoms with van der Waals surface area (Å²) < 4.78 is 0. The summed E-state index contributed by atoms with van der Waals surface area (Å²) in [6, 6.07) is 13.3. The first kappa shape index (κ1) is 19.9. The van der Waals surface area contributed by atoms with Crippen molar-refractivity contribution in [1.82, 2.24) is 4.90 Å². The predicted molar refractivity (Wildman–Crippen MR) is 110 cm³/mol. The summed E-state index contributed by atoms with van der Waals surface area (Å²) in [5.41, 5.74) is 1.81. The molecule has 0 bridgehead atoms. The van der Waals surface area contributed by atoms with Crippen LogP contribution in [0.1, 0.15) is 27.6 Å². The summed E-state index contributed by atoms with van der Waals surface area (Å²) in [6.07, 6.45) is 0. The predicted octanol–water partition coefficient (Wildman–Crippen LogP) is 3.44. The standard InChI is InChI=1S/C21H21ClN4O2/c1-2-25-9-11-26(12-10-25)17-7-8-19(18(13-17)20(27)14-23)24-21(28)15-3-5-16(22)6-4-15/h3-8,13H,2,9-12H2,1H3,(H,24,28). The number of amides is 1. The number of rotatable bonds is 5. The van der Waals surface area contributed by atoms with Crippen molar-refractivity contribution in [3.63, 3.8) is 0 Å². The highest BCUT2D eigenvalue weighted by Gasteiger charge is 2.20. The highest BCUT2D eigenvalue weighted by Crippen LogP contribution is 2.25. The van der Waals surface area contributed by atoms with E-state index in [1.807, 2.05) is 6.07 Å². The molecule has 0 unspecified atom stereocenters. The fraction of sp³-hybridized carbons (Fsp3) is 0.286. The highest BCUT2D eigenvalue weighted by atomic mass is 35.5. The molecule has 1 amide bonds. The van der Waals surface area contributed by atoms with E-state index in [0.717, 1.165) is 38.4 Å². The molecular weight excluding hydrogens is 376 g/mol. The van der Waals surface area contributed by atoms with Crippen molar-refractivity contribution in [3.05, 3.63) is 58.6 Å². The van der Waals surface area contributed by atoms with Gasteiger partial charge in [0.05, 0.1) is 11.3 Å². The van der Waals surface area contributed by atoms with E-state index in [0.29, 0.717) is 16.3 Å². The van der Waals surface area contributed by atoms with Gasteiger partial charge in [-0.25, -0.2) is 0 Å². The zero-order chi connectivity index (χ0) is 20.1. The molecule has 1 heterocycles. The normalized spacial score (nSPS) is 14.4. The van der Waals surface area contributed by atoms with E-state index in [1.165, 1.54) is 0 Å². The highest BCUT2D eigenvalue weighted by molar-refractivity contribution is 6.30. The first-order valence-corrected chi connectivity index (χ1v) is 9.52. The zero-order valence-corrected chi connectivity index (χ0v) is 16.4. The summed E-state index contributed by atoms with van der Waals surface area (Å²) in [7, 11) is 0. The lowest BCUT2D eigenvalue weighted by Gasteiger charge is -2.35. The Morgan fingerprint density at radius 3 is 2.39 bits per heavy atom. The van der Waals surface area contributed by atoms with Gasteiger partial charge < -0.3 is 15.1 Å². The smallest absolute Gasteiger partial charge is 0.264 e. The van der Waals surface area contributed by atoms with Gasteiger partial charge in [0.25, 0.3) is 11.7 Å². The molecule has 0 atom stereocenters. The van der Waals surface area contributed by atoms with E-state index >= 15 is 0 Å². The maximum atomic E-state index is 12.5. The third-order valence-electron chi connectivity index (χ3n) is 4.89. The number of piperazine rings is 1. The molecule has 1 fully saturated rings. The van der Waals surface area contributed by atoms with E-state index in [1.54, 1.807) is 42.5 Å². The maximum Gasteiger partial charge on any atom is 0.264 e. The SMILES string of the molecule is CCN1CCN(c2ccc(NC(=O)c3ccc(Cl)cc3)c(C(=O)C#N)c2)CC1. The molecule has 2 aromatic rings. The van der Waals surface area contributed by atoms with Crippen molar-refractivity contribution in [2.45, 2.75) is 6.92 Å². The van der Waals surface area contributed by atoms with Crippen LogP contribution in [0, 0.1) is 11.3 Å². The number of nitriles is 1. The van der Waals surface area contributed by atoms with Crippen molar-refractivity contribution in [2.75, 3.05) is 42.9 Å².